The van der Waals surface area contributed by atoms with Gasteiger partial charge in [0.25, 0.3) is 5.91 Å². The number of rotatable bonds is 5. The first kappa shape index (κ1) is 19.7. The minimum atomic E-state index is -0.256. The van der Waals surface area contributed by atoms with E-state index in [1.54, 1.807) is 30.2 Å². The molecule has 1 aromatic carbocycles. The lowest BCUT2D eigenvalue weighted by Gasteiger charge is -2.31. The van der Waals surface area contributed by atoms with Crippen LogP contribution in [0, 0.1) is 6.92 Å². The first-order chi connectivity index (χ1) is 13.5. The molecule has 1 saturated heterocycles. The van der Waals surface area contributed by atoms with Crippen LogP contribution in [0.5, 0.6) is 0 Å². The molecule has 7 heteroatoms. The maximum absolute atomic E-state index is 12.5. The van der Waals surface area contributed by atoms with Crippen molar-refractivity contribution < 1.29 is 14.3 Å². The average Bonchev–Trinajstić information content (AvgIpc) is 2.70. The van der Waals surface area contributed by atoms with Gasteiger partial charge in [-0.05, 0) is 51.0 Å². The summed E-state index contributed by atoms with van der Waals surface area (Å²) in [4.78, 5) is 30.3. The maximum atomic E-state index is 12.5. The SMILES string of the molecule is CCOC(=O)N1CCC(Nc2cc(C(=O)Nc3ccc(C)cc3)ccn2)CC1. The van der Waals surface area contributed by atoms with Gasteiger partial charge in [-0.3, -0.25) is 4.79 Å². The third kappa shape index (κ3) is 5.22. The van der Waals surface area contributed by atoms with Gasteiger partial charge < -0.3 is 20.3 Å². The Bertz CT molecular complexity index is 815. The number of nitrogens with one attached hydrogen (secondary N) is 2. The van der Waals surface area contributed by atoms with E-state index in [0.717, 1.165) is 24.1 Å². The summed E-state index contributed by atoms with van der Waals surface area (Å²) in [5, 5.41) is 6.26. The molecule has 0 aliphatic carbocycles. The Hall–Kier alpha value is -3.09. The second-order valence-corrected chi connectivity index (χ2v) is 6.85. The highest BCUT2D eigenvalue weighted by Gasteiger charge is 2.23. The summed E-state index contributed by atoms with van der Waals surface area (Å²) < 4.78 is 5.04. The number of aromatic nitrogens is 1. The molecule has 2 heterocycles. The summed E-state index contributed by atoms with van der Waals surface area (Å²) in [5.74, 6) is 0.484. The molecule has 2 amide bonds. The number of hydrogen-bond acceptors (Lipinski definition) is 5. The molecule has 1 aliphatic heterocycles. The van der Waals surface area contributed by atoms with Crippen molar-refractivity contribution in [2.24, 2.45) is 0 Å². The third-order valence-electron chi connectivity index (χ3n) is 4.70. The van der Waals surface area contributed by atoms with E-state index in [2.05, 4.69) is 15.6 Å². The lowest BCUT2D eigenvalue weighted by atomic mass is 10.1. The fourth-order valence-electron chi connectivity index (χ4n) is 3.12. The van der Waals surface area contributed by atoms with Crippen LogP contribution >= 0.6 is 0 Å². The minimum Gasteiger partial charge on any atom is -0.450 e. The summed E-state index contributed by atoms with van der Waals surface area (Å²) in [7, 11) is 0. The number of aryl methyl sites for hydroxylation is 1. The zero-order chi connectivity index (χ0) is 19.9. The lowest BCUT2D eigenvalue weighted by Crippen LogP contribution is -2.42. The zero-order valence-electron chi connectivity index (χ0n) is 16.3. The first-order valence-electron chi connectivity index (χ1n) is 9.57. The van der Waals surface area contributed by atoms with Crippen molar-refractivity contribution in [2.45, 2.75) is 32.7 Å². The summed E-state index contributed by atoms with van der Waals surface area (Å²) in [6.07, 6.45) is 2.98. The van der Waals surface area contributed by atoms with Crippen molar-refractivity contribution in [1.82, 2.24) is 9.88 Å². The highest BCUT2D eigenvalue weighted by atomic mass is 16.6. The van der Waals surface area contributed by atoms with E-state index < -0.39 is 0 Å². The van der Waals surface area contributed by atoms with E-state index in [-0.39, 0.29) is 18.0 Å². The number of likely N-dealkylation sites (tertiary alicyclic amines) is 1. The van der Waals surface area contributed by atoms with Crippen LogP contribution in [0.25, 0.3) is 0 Å². The molecule has 1 fully saturated rings. The smallest absolute Gasteiger partial charge is 0.409 e. The third-order valence-corrected chi connectivity index (χ3v) is 4.70. The Kier molecular flexibility index (Phi) is 6.47. The van der Waals surface area contributed by atoms with Gasteiger partial charge in [0, 0.05) is 36.6 Å². The standard InChI is InChI=1S/C21H26N4O3/c1-3-28-21(27)25-12-9-18(10-13-25)23-19-14-16(8-11-22-19)20(26)24-17-6-4-15(2)5-7-17/h4-8,11,14,18H,3,9-10,12-13H2,1-2H3,(H,22,23)(H,24,26). The Morgan fingerprint density at radius 1 is 1.18 bits per heavy atom. The molecule has 1 aliphatic rings. The van der Waals surface area contributed by atoms with Crippen LogP contribution in [0.4, 0.5) is 16.3 Å². The Balaban J connectivity index is 1.55. The minimum absolute atomic E-state index is 0.175. The molecule has 148 valence electrons. The average molecular weight is 382 g/mol. The van der Waals surface area contributed by atoms with Crippen LogP contribution in [0.15, 0.2) is 42.6 Å². The van der Waals surface area contributed by atoms with Gasteiger partial charge in [0.15, 0.2) is 0 Å². The molecule has 1 aromatic heterocycles. The molecular weight excluding hydrogens is 356 g/mol. The van der Waals surface area contributed by atoms with Crippen molar-refractivity contribution in [1.29, 1.82) is 0 Å². The Morgan fingerprint density at radius 3 is 2.57 bits per heavy atom. The molecule has 0 saturated carbocycles. The zero-order valence-corrected chi connectivity index (χ0v) is 16.3. The molecule has 0 bridgehead atoms. The van der Waals surface area contributed by atoms with Crippen LogP contribution in [0.1, 0.15) is 35.7 Å². The molecule has 3 rings (SSSR count). The lowest BCUT2D eigenvalue weighted by molar-refractivity contribution is 0.0981. The van der Waals surface area contributed by atoms with Crippen LogP contribution < -0.4 is 10.6 Å². The number of hydrogen-bond donors (Lipinski definition) is 2. The molecule has 2 N–H and O–H groups in total. The van der Waals surface area contributed by atoms with Crippen LogP contribution in [0.2, 0.25) is 0 Å². The van der Waals surface area contributed by atoms with E-state index >= 15 is 0 Å². The molecule has 0 unspecified atom stereocenters. The fourth-order valence-corrected chi connectivity index (χ4v) is 3.12. The van der Waals surface area contributed by atoms with E-state index in [4.69, 9.17) is 4.74 Å². The van der Waals surface area contributed by atoms with Gasteiger partial charge in [-0.2, -0.15) is 0 Å². The summed E-state index contributed by atoms with van der Waals surface area (Å²) in [6.45, 7) is 5.48. The number of pyridine rings is 1. The van der Waals surface area contributed by atoms with Gasteiger partial charge in [-0.1, -0.05) is 17.7 Å². The van der Waals surface area contributed by atoms with Crippen molar-refractivity contribution in [3.05, 3.63) is 53.7 Å². The van der Waals surface area contributed by atoms with Gasteiger partial charge in [0.1, 0.15) is 5.82 Å². The summed E-state index contributed by atoms with van der Waals surface area (Å²) in [6, 6.07) is 11.3. The van der Waals surface area contributed by atoms with E-state index in [9.17, 15) is 9.59 Å². The largest absolute Gasteiger partial charge is 0.450 e. The molecule has 7 nitrogen and oxygen atoms in total. The van der Waals surface area contributed by atoms with Crippen molar-refractivity contribution in [3.63, 3.8) is 0 Å². The highest BCUT2D eigenvalue weighted by Crippen LogP contribution is 2.17. The highest BCUT2D eigenvalue weighted by molar-refractivity contribution is 6.04. The first-order valence-corrected chi connectivity index (χ1v) is 9.57. The normalized spacial score (nSPS) is 14.4. The van der Waals surface area contributed by atoms with E-state index in [0.29, 0.717) is 31.1 Å². The number of carbonyl (C=O) groups is 2. The predicted molar refractivity (Wildman–Crippen MR) is 109 cm³/mol. The Labute approximate surface area is 165 Å². The monoisotopic (exact) mass is 382 g/mol. The number of piperidine rings is 1. The van der Waals surface area contributed by atoms with Crippen LogP contribution in [-0.2, 0) is 4.74 Å². The Morgan fingerprint density at radius 2 is 1.89 bits per heavy atom. The van der Waals surface area contributed by atoms with Gasteiger partial charge in [0.2, 0.25) is 0 Å². The van der Waals surface area contributed by atoms with Crippen LogP contribution in [0.3, 0.4) is 0 Å². The van der Waals surface area contributed by atoms with E-state index in [1.807, 2.05) is 31.2 Å². The topological polar surface area (TPSA) is 83.6 Å². The summed E-state index contributed by atoms with van der Waals surface area (Å²) >= 11 is 0. The number of ether oxygens (including phenoxy) is 1. The molecule has 0 spiro atoms. The summed E-state index contributed by atoms with van der Waals surface area (Å²) in [5.41, 5.74) is 2.44. The fraction of sp³-hybridized carbons (Fsp3) is 0.381. The van der Waals surface area contributed by atoms with Gasteiger partial charge in [-0.15, -0.1) is 0 Å². The predicted octanol–water partition coefficient (Wildman–Crippen LogP) is 3.68. The second-order valence-electron chi connectivity index (χ2n) is 6.85. The molecular formula is C21H26N4O3. The number of nitrogens with zero attached hydrogens (tertiary/aromatic N) is 2. The van der Waals surface area contributed by atoms with Crippen molar-refractivity contribution >= 4 is 23.5 Å². The molecule has 28 heavy (non-hydrogen) atoms. The molecule has 2 aromatic rings. The second kappa shape index (κ2) is 9.21. The number of benzene rings is 1. The number of carbonyl (C=O) groups excluding carboxylic acids is 2. The quantitative estimate of drug-likeness (QED) is 0.824. The van der Waals surface area contributed by atoms with Gasteiger partial charge >= 0.3 is 6.09 Å². The van der Waals surface area contributed by atoms with E-state index in [1.165, 1.54) is 0 Å². The van der Waals surface area contributed by atoms with Gasteiger partial charge in [-0.25, -0.2) is 9.78 Å². The molecule has 0 atom stereocenters. The number of amides is 2. The van der Waals surface area contributed by atoms with Crippen molar-refractivity contribution in [3.8, 4) is 0 Å². The maximum Gasteiger partial charge on any atom is 0.409 e. The number of anilines is 2. The van der Waals surface area contributed by atoms with Gasteiger partial charge in [0.05, 0.1) is 6.61 Å². The molecule has 0 radical (unpaired) electrons. The van der Waals surface area contributed by atoms with Crippen LogP contribution in [-0.4, -0.2) is 47.6 Å². The van der Waals surface area contributed by atoms with Crippen molar-refractivity contribution in [2.75, 3.05) is 30.3 Å².